The van der Waals surface area contributed by atoms with Crippen LogP contribution in [0.1, 0.15) is 7.43 Å². The Kier molecular flexibility index (Phi) is 2.76. The summed E-state index contributed by atoms with van der Waals surface area (Å²) in [6.45, 7) is 0. The van der Waals surface area contributed by atoms with Crippen molar-refractivity contribution in [2.45, 2.75) is 7.43 Å². The predicted molar refractivity (Wildman–Crippen MR) is 37.6 cm³/mol. The number of rotatable bonds is 0. The summed E-state index contributed by atoms with van der Waals surface area (Å²) in [6, 6.07) is 0. The highest BCUT2D eigenvalue weighted by Gasteiger charge is 1.83. The molecule has 0 bridgehead atoms. The first kappa shape index (κ1) is 7.69. The zero-order valence-electron chi connectivity index (χ0n) is 3.93. The average Bonchev–Trinajstić information content (AvgIpc) is 1.87. The molecule has 0 aliphatic rings. The van der Waals surface area contributed by atoms with Crippen LogP contribution < -0.4 is 0 Å². The minimum Gasteiger partial charge on any atom is -0.275 e. The minimum absolute atomic E-state index is 0. The maximum atomic E-state index is 3.89. The lowest BCUT2D eigenvalue weighted by molar-refractivity contribution is 0.767. The molecule has 0 aliphatic heterocycles. The van der Waals surface area contributed by atoms with Crippen LogP contribution in [-0.2, 0) is 7.05 Å². The van der Waals surface area contributed by atoms with Crippen LogP contribution in [0.3, 0.4) is 0 Å². The van der Waals surface area contributed by atoms with Crippen LogP contribution >= 0.6 is 15.9 Å². The van der Waals surface area contributed by atoms with Crippen LogP contribution in [0.15, 0.2) is 16.9 Å². The Morgan fingerprint density at radius 3 is 2.50 bits per heavy atom. The van der Waals surface area contributed by atoms with E-state index in [0.717, 1.165) is 4.47 Å². The molecule has 0 spiro atoms. The Morgan fingerprint density at radius 1 is 1.75 bits per heavy atom. The highest BCUT2D eigenvalue weighted by atomic mass is 79.9. The molecule has 0 unspecified atom stereocenters. The van der Waals surface area contributed by atoms with E-state index in [2.05, 4.69) is 21.0 Å². The molecule has 1 aromatic heterocycles. The third-order valence-electron chi connectivity index (χ3n) is 0.673. The van der Waals surface area contributed by atoms with Gasteiger partial charge < -0.3 is 0 Å². The fourth-order valence-corrected chi connectivity index (χ4v) is 0.779. The van der Waals surface area contributed by atoms with Gasteiger partial charge in [0.25, 0.3) is 0 Å². The van der Waals surface area contributed by atoms with E-state index in [-0.39, 0.29) is 7.43 Å². The number of hydrogen-bond donors (Lipinski definition) is 0. The van der Waals surface area contributed by atoms with Gasteiger partial charge in [0.2, 0.25) is 0 Å². The summed E-state index contributed by atoms with van der Waals surface area (Å²) in [6.07, 6.45) is 3.64. The van der Waals surface area contributed by atoms with Crippen molar-refractivity contribution in [2.24, 2.45) is 7.05 Å². The molecule has 3 heteroatoms. The van der Waals surface area contributed by atoms with Gasteiger partial charge in [-0.05, 0) is 15.9 Å². The lowest BCUT2D eigenvalue weighted by atomic mass is 10.8. The highest BCUT2D eigenvalue weighted by molar-refractivity contribution is 9.10. The summed E-state index contributed by atoms with van der Waals surface area (Å²) >= 11 is 3.25. The number of hydrogen-bond acceptors (Lipinski definition) is 1. The first-order valence-electron chi connectivity index (χ1n) is 1.93. The van der Waals surface area contributed by atoms with Gasteiger partial charge in [-0.2, -0.15) is 5.10 Å². The van der Waals surface area contributed by atoms with Gasteiger partial charge in [-0.15, -0.1) is 0 Å². The van der Waals surface area contributed by atoms with Gasteiger partial charge in [0.05, 0.1) is 10.7 Å². The first-order chi connectivity index (χ1) is 3.29. The summed E-state index contributed by atoms with van der Waals surface area (Å²) in [7, 11) is 1.88. The van der Waals surface area contributed by atoms with Crippen LogP contribution in [0, 0.1) is 0 Å². The Labute approximate surface area is 57.6 Å². The lowest BCUT2D eigenvalue weighted by Crippen LogP contribution is -1.83. The maximum Gasteiger partial charge on any atom is 0.0632 e. The molecule has 2 nitrogen and oxygen atoms in total. The fraction of sp³-hybridized carbons (Fsp3) is 0.400. The molecule has 46 valence electrons. The van der Waals surface area contributed by atoms with E-state index in [1.54, 1.807) is 10.9 Å². The number of aryl methyl sites for hydroxylation is 1. The van der Waals surface area contributed by atoms with Gasteiger partial charge in [-0.3, -0.25) is 4.68 Å². The third kappa shape index (κ3) is 1.66. The molecule has 0 saturated heterocycles. The van der Waals surface area contributed by atoms with Crippen molar-refractivity contribution >= 4 is 15.9 Å². The van der Waals surface area contributed by atoms with Gasteiger partial charge in [0, 0.05) is 13.2 Å². The SMILES string of the molecule is C.Cn1cc(Br)cn1. The van der Waals surface area contributed by atoms with Crippen molar-refractivity contribution in [3.63, 3.8) is 0 Å². The van der Waals surface area contributed by atoms with Crippen LogP contribution in [0.5, 0.6) is 0 Å². The monoisotopic (exact) mass is 176 g/mol. The quantitative estimate of drug-likeness (QED) is 0.590. The smallest absolute Gasteiger partial charge is 0.0632 e. The minimum atomic E-state index is 0. The second-order valence-corrected chi connectivity index (χ2v) is 2.25. The van der Waals surface area contributed by atoms with Crippen molar-refractivity contribution in [3.05, 3.63) is 16.9 Å². The van der Waals surface area contributed by atoms with E-state index in [1.165, 1.54) is 0 Å². The van der Waals surface area contributed by atoms with Gasteiger partial charge in [-0.25, -0.2) is 0 Å². The number of nitrogens with zero attached hydrogens (tertiary/aromatic N) is 2. The average molecular weight is 177 g/mol. The molecule has 0 amide bonds. The molecule has 0 N–H and O–H groups in total. The Morgan fingerprint density at radius 2 is 2.38 bits per heavy atom. The van der Waals surface area contributed by atoms with Gasteiger partial charge >= 0.3 is 0 Å². The van der Waals surface area contributed by atoms with E-state index in [1.807, 2.05) is 13.2 Å². The van der Waals surface area contributed by atoms with Crippen LogP contribution in [-0.4, -0.2) is 9.78 Å². The van der Waals surface area contributed by atoms with E-state index in [4.69, 9.17) is 0 Å². The predicted octanol–water partition coefficient (Wildman–Crippen LogP) is 1.82. The molecule has 1 aromatic rings. The molecular formula is C5H9BrN2. The molecule has 8 heavy (non-hydrogen) atoms. The summed E-state index contributed by atoms with van der Waals surface area (Å²) in [5.41, 5.74) is 0. The summed E-state index contributed by atoms with van der Waals surface area (Å²) in [5.74, 6) is 0. The topological polar surface area (TPSA) is 17.8 Å². The largest absolute Gasteiger partial charge is 0.275 e. The van der Waals surface area contributed by atoms with Gasteiger partial charge in [0.15, 0.2) is 0 Å². The molecule has 0 aliphatic carbocycles. The van der Waals surface area contributed by atoms with Crippen molar-refractivity contribution in [2.75, 3.05) is 0 Å². The zero-order chi connectivity index (χ0) is 5.28. The summed E-state index contributed by atoms with van der Waals surface area (Å²) < 4.78 is 2.76. The molecule has 1 heterocycles. The summed E-state index contributed by atoms with van der Waals surface area (Å²) in [5, 5.41) is 3.89. The van der Waals surface area contributed by atoms with Crippen molar-refractivity contribution in [3.8, 4) is 0 Å². The van der Waals surface area contributed by atoms with Crippen LogP contribution in [0.2, 0.25) is 0 Å². The first-order valence-corrected chi connectivity index (χ1v) is 2.72. The fourth-order valence-electron chi connectivity index (χ4n) is 0.391. The summed E-state index contributed by atoms with van der Waals surface area (Å²) in [4.78, 5) is 0. The van der Waals surface area contributed by atoms with Crippen molar-refractivity contribution in [1.29, 1.82) is 0 Å². The number of aromatic nitrogens is 2. The molecule has 0 fully saturated rings. The molecular weight excluding hydrogens is 168 g/mol. The zero-order valence-corrected chi connectivity index (χ0v) is 5.51. The number of halogens is 1. The van der Waals surface area contributed by atoms with Gasteiger partial charge in [-0.1, -0.05) is 7.43 Å². The standard InChI is InChI=1S/C4H5BrN2.CH4/c1-7-3-4(5)2-6-7;/h2-3H,1H3;1H4. The Bertz CT molecular complexity index is 143. The van der Waals surface area contributed by atoms with Crippen LogP contribution in [0.25, 0.3) is 0 Å². The van der Waals surface area contributed by atoms with E-state index in [9.17, 15) is 0 Å². The van der Waals surface area contributed by atoms with Crippen LogP contribution in [0.4, 0.5) is 0 Å². The van der Waals surface area contributed by atoms with E-state index in [0.29, 0.717) is 0 Å². The second-order valence-electron chi connectivity index (χ2n) is 1.33. The second kappa shape index (κ2) is 2.87. The molecule has 0 saturated carbocycles. The Hall–Kier alpha value is -0.310. The Balaban J connectivity index is 0.000000490. The van der Waals surface area contributed by atoms with E-state index >= 15 is 0 Å². The molecule has 0 radical (unpaired) electrons. The van der Waals surface area contributed by atoms with Crippen molar-refractivity contribution < 1.29 is 0 Å². The van der Waals surface area contributed by atoms with E-state index < -0.39 is 0 Å². The molecule has 1 rings (SSSR count). The molecule has 0 atom stereocenters. The lowest BCUT2D eigenvalue weighted by Gasteiger charge is -1.77. The maximum absolute atomic E-state index is 3.89. The normalized spacial score (nSPS) is 8.25. The van der Waals surface area contributed by atoms with Gasteiger partial charge in [0.1, 0.15) is 0 Å². The van der Waals surface area contributed by atoms with Crippen molar-refractivity contribution in [1.82, 2.24) is 9.78 Å². The highest BCUT2D eigenvalue weighted by Crippen LogP contribution is 2.03. The molecule has 0 aromatic carbocycles. The third-order valence-corrected chi connectivity index (χ3v) is 1.08.